The van der Waals surface area contributed by atoms with Gasteiger partial charge in [0.1, 0.15) is 26.0 Å². The van der Waals surface area contributed by atoms with Crippen LogP contribution in [0.15, 0.2) is 54.6 Å². The quantitative estimate of drug-likeness (QED) is 0.108. The van der Waals surface area contributed by atoms with E-state index in [0.717, 1.165) is 61.5 Å². The molecule has 8 nitrogen and oxygen atoms in total. The average Bonchev–Trinajstić information content (AvgIpc) is 3.77. The predicted octanol–water partition coefficient (Wildman–Crippen LogP) is 10.3. The minimum Gasteiger partial charge on any atom is -0.465 e. The lowest BCUT2D eigenvalue weighted by Gasteiger charge is -2.40. The van der Waals surface area contributed by atoms with Gasteiger partial charge in [-0.1, -0.05) is 102 Å². The van der Waals surface area contributed by atoms with E-state index in [2.05, 4.69) is 69.4 Å². The van der Waals surface area contributed by atoms with Crippen LogP contribution in [0.1, 0.15) is 79.2 Å². The van der Waals surface area contributed by atoms with Gasteiger partial charge in [0.25, 0.3) is 0 Å². The van der Waals surface area contributed by atoms with Crippen molar-refractivity contribution in [3.8, 4) is 28.6 Å². The van der Waals surface area contributed by atoms with Gasteiger partial charge in [-0.2, -0.15) is 9.97 Å². The van der Waals surface area contributed by atoms with Crippen LogP contribution in [0.2, 0.25) is 21.6 Å². The molecular formula is C45H53ClFN5O3Si. The normalized spacial score (nSPS) is 22.5. The van der Waals surface area contributed by atoms with E-state index in [9.17, 15) is 9.90 Å². The fraction of sp³-hybridized carbons (Fsp3) is 0.489. The van der Waals surface area contributed by atoms with Gasteiger partial charge in [-0.3, -0.25) is 9.80 Å². The third kappa shape index (κ3) is 6.35. The number of carbonyl (C=O) groups is 1. The first-order chi connectivity index (χ1) is 26.7. The molecule has 4 aliphatic heterocycles. The maximum atomic E-state index is 17.7. The minimum absolute atomic E-state index is 0.105. The number of rotatable bonds is 8. The molecule has 5 heterocycles. The standard InChI is InChI=1S/C45H53ClFN5O3Si/c1-27(2)56(28(3)4,29(5)6)20-17-32-12-8-11-31-13-9-14-35(38(31)32)39-37(46)21-36-41(40(39)47)48-43(55-26-45-18-10-19-51(45)23-30(7)22-45)49-42(36)50-24-33-15-16-34(25-50)52(33)44(53)54/h8-9,11-14,21,27-29,33-34H,7,10,15-16,18-19,22-26H2,1-6H3,(H,53,54)/t33-,34+,45?. The van der Waals surface area contributed by atoms with E-state index in [-0.39, 0.29) is 39.7 Å². The Morgan fingerprint density at radius 3 is 2.41 bits per heavy atom. The summed E-state index contributed by atoms with van der Waals surface area (Å²) >= 11 is 7.20. The van der Waals surface area contributed by atoms with Gasteiger partial charge >= 0.3 is 12.1 Å². The molecule has 4 fully saturated rings. The summed E-state index contributed by atoms with van der Waals surface area (Å²) in [7, 11) is -2.07. The number of hydrogen-bond donors (Lipinski definition) is 1. The molecule has 8 rings (SSSR count). The summed E-state index contributed by atoms with van der Waals surface area (Å²) in [5.74, 6) is 3.61. The zero-order chi connectivity index (χ0) is 39.7. The van der Waals surface area contributed by atoms with Crippen LogP contribution < -0.4 is 9.64 Å². The largest absolute Gasteiger partial charge is 0.465 e. The fourth-order valence-electron chi connectivity index (χ4n) is 11.0. The number of amides is 1. The van der Waals surface area contributed by atoms with E-state index in [1.165, 1.54) is 5.57 Å². The third-order valence-corrected chi connectivity index (χ3v) is 20.1. The second-order valence-corrected chi connectivity index (χ2v) is 23.6. The second-order valence-electron chi connectivity index (χ2n) is 17.6. The molecule has 11 heteroatoms. The molecule has 1 unspecified atom stereocenters. The molecule has 3 atom stereocenters. The molecule has 4 saturated heterocycles. The number of piperazine rings is 1. The molecule has 1 N–H and O–H groups in total. The molecule has 294 valence electrons. The van der Waals surface area contributed by atoms with Crippen molar-refractivity contribution in [2.24, 2.45) is 0 Å². The summed E-state index contributed by atoms with van der Waals surface area (Å²) in [6, 6.07) is 13.5. The van der Waals surface area contributed by atoms with Crippen LogP contribution in [0.5, 0.6) is 6.01 Å². The molecule has 0 saturated carbocycles. The van der Waals surface area contributed by atoms with Crippen molar-refractivity contribution in [3.63, 3.8) is 0 Å². The van der Waals surface area contributed by atoms with Crippen molar-refractivity contribution in [3.05, 3.63) is 71.0 Å². The molecule has 2 bridgehead atoms. The van der Waals surface area contributed by atoms with Crippen molar-refractivity contribution >= 4 is 53.3 Å². The Kier molecular flexibility index (Phi) is 10.1. The van der Waals surface area contributed by atoms with Crippen LogP contribution in [-0.2, 0) is 0 Å². The summed E-state index contributed by atoms with van der Waals surface area (Å²) in [6.45, 7) is 21.2. The molecule has 3 aromatic carbocycles. The van der Waals surface area contributed by atoms with Crippen LogP contribution in [0, 0.1) is 17.3 Å². The van der Waals surface area contributed by atoms with Crippen LogP contribution in [0.3, 0.4) is 0 Å². The number of nitrogens with zero attached hydrogens (tertiary/aromatic N) is 5. The Morgan fingerprint density at radius 1 is 1.07 bits per heavy atom. The lowest BCUT2D eigenvalue weighted by molar-refractivity contribution is 0.107. The topological polar surface area (TPSA) is 82.0 Å². The Hall–Kier alpha value is -4.17. The van der Waals surface area contributed by atoms with Gasteiger partial charge in [-0.05, 0) is 78.4 Å². The van der Waals surface area contributed by atoms with E-state index >= 15 is 4.39 Å². The number of anilines is 1. The summed E-state index contributed by atoms with van der Waals surface area (Å²) in [4.78, 5) is 28.0. The van der Waals surface area contributed by atoms with E-state index in [4.69, 9.17) is 26.3 Å². The minimum atomic E-state index is -2.07. The van der Waals surface area contributed by atoms with Crippen molar-refractivity contribution in [1.82, 2.24) is 19.8 Å². The molecule has 56 heavy (non-hydrogen) atoms. The predicted molar refractivity (Wildman–Crippen MR) is 227 cm³/mol. The number of benzene rings is 3. The second kappa shape index (κ2) is 14.6. The van der Waals surface area contributed by atoms with Gasteiger partial charge in [0.2, 0.25) is 0 Å². The number of ether oxygens (including phenoxy) is 1. The molecular weight excluding hydrogens is 741 g/mol. The Morgan fingerprint density at radius 2 is 1.75 bits per heavy atom. The van der Waals surface area contributed by atoms with Crippen molar-refractivity contribution in [2.75, 3.05) is 37.7 Å². The van der Waals surface area contributed by atoms with Crippen LogP contribution in [0.4, 0.5) is 15.0 Å². The highest BCUT2D eigenvalue weighted by Gasteiger charge is 2.47. The monoisotopic (exact) mass is 793 g/mol. The number of fused-ring (bicyclic) bond motifs is 5. The third-order valence-electron chi connectivity index (χ3n) is 13.5. The first kappa shape index (κ1) is 38.7. The number of hydrogen-bond acceptors (Lipinski definition) is 6. The number of halogens is 2. The fourth-order valence-corrected chi connectivity index (χ4v) is 16.5. The highest BCUT2D eigenvalue weighted by Crippen LogP contribution is 2.45. The molecule has 4 aromatic rings. The van der Waals surface area contributed by atoms with E-state index in [0.29, 0.717) is 53.1 Å². The average molecular weight is 794 g/mol. The smallest absolute Gasteiger partial charge is 0.407 e. The van der Waals surface area contributed by atoms with E-state index in [1.54, 1.807) is 11.0 Å². The molecule has 1 amide bonds. The van der Waals surface area contributed by atoms with E-state index in [1.807, 2.05) is 36.4 Å². The molecule has 0 aliphatic carbocycles. The highest BCUT2D eigenvalue weighted by molar-refractivity contribution is 6.90. The van der Waals surface area contributed by atoms with Gasteiger partial charge in [0, 0.05) is 41.5 Å². The van der Waals surface area contributed by atoms with Gasteiger partial charge < -0.3 is 14.7 Å². The number of aromatic nitrogens is 2. The highest BCUT2D eigenvalue weighted by atomic mass is 35.5. The number of carboxylic acid groups (broad SMARTS) is 1. The van der Waals surface area contributed by atoms with E-state index < -0.39 is 20.0 Å². The summed E-state index contributed by atoms with van der Waals surface area (Å²) in [5, 5.41) is 12.5. The molecule has 1 aromatic heterocycles. The lowest BCUT2D eigenvalue weighted by atomic mass is 9.93. The maximum absolute atomic E-state index is 17.7. The summed E-state index contributed by atoms with van der Waals surface area (Å²) < 4.78 is 24.2. The zero-order valence-corrected chi connectivity index (χ0v) is 35.2. The molecule has 0 radical (unpaired) electrons. The lowest BCUT2D eigenvalue weighted by Crippen LogP contribution is -2.55. The van der Waals surface area contributed by atoms with Crippen LogP contribution in [0.25, 0.3) is 32.8 Å². The van der Waals surface area contributed by atoms with Crippen LogP contribution >= 0.6 is 11.6 Å². The van der Waals surface area contributed by atoms with Gasteiger partial charge in [-0.15, -0.1) is 5.54 Å². The summed E-state index contributed by atoms with van der Waals surface area (Å²) in [6.07, 6.45) is 3.55. The first-order valence-electron chi connectivity index (χ1n) is 20.3. The first-order valence-corrected chi connectivity index (χ1v) is 22.9. The van der Waals surface area contributed by atoms with Crippen molar-refractivity contribution < 1.29 is 19.0 Å². The SMILES string of the molecule is C=C1CN2CCCC2(COc2nc(N3C[C@H]4CC[C@@H](C3)N4C(=O)O)c3cc(Cl)c(-c4cccc5cccc(C#C[Si](C(C)C)(C(C)C)C(C)C)c45)c(F)c3n2)C1. The Labute approximate surface area is 336 Å². The molecule has 0 spiro atoms. The summed E-state index contributed by atoms with van der Waals surface area (Å²) in [5.41, 5.74) is 8.19. The Balaban J connectivity index is 1.28. The zero-order valence-electron chi connectivity index (χ0n) is 33.5. The van der Waals surface area contributed by atoms with Gasteiger partial charge in [-0.25, -0.2) is 9.18 Å². The van der Waals surface area contributed by atoms with Crippen LogP contribution in [-0.4, -0.2) is 89.4 Å². The Bertz CT molecular complexity index is 2260. The van der Waals surface area contributed by atoms with Crippen molar-refractivity contribution in [2.45, 2.75) is 108 Å². The van der Waals surface area contributed by atoms with Gasteiger partial charge in [0.05, 0.1) is 22.6 Å². The van der Waals surface area contributed by atoms with Crippen molar-refractivity contribution in [1.29, 1.82) is 0 Å². The molecule has 4 aliphatic rings. The maximum Gasteiger partial charge on any atom is 0.407 e. The van der Waals surface area contributed by atoms with Gasteiger partial charge in [0.15, 0.2) is 5.82 Å².